The molecule has 0 aromatic heterocycles. The van der Waals surface area contributed by atoms with Gasteiger partial charge < -0.3 is 20.1 Å². The molecular weight excluding hydrogens is 356 g/mol. The number of carbonyl (C=O) groups excluding carboxylic acids is 2. The van der Waals surface area contributed by atoms with Gasteiger partial charge in [0, 0.05) is 23.5 Å². The number of nitrogens with two attached hydrogens (primary N) is 1. The molecule has 7 heteroatoms. The van der Waals surface area contributed by atoms with Crippen molar-refractivity contribution in [3.8, 4) is 0 Å². The van der Waals surface area contributed by atoms with Gasteiger partial charge >= 0.3 is 12.1 Å². The van der Waals surface area contributed by atoms with E-state index in [1.54, 1.807) is 17.0 Å². The Morgan fingerprint density at radius 3 is 2.19 bits per heavy atom. The molecule has 0 bridgehead atoms. The highest BCUT2D eigenvalue weighted by Crippen LogP contribution is 2.39. The summed E-state index contributed by atoms with van der Waals surface area (Å²) < 4.78 is 10.3. The number of carbonyl (C=O) groups is 2. The molecule has 0 radical (unpaired) electrons. The van der Waals surface area contributed by atoms with E-state index in [4.69, 9.17) is 26.8 Å². The van der Waals surface area contributed by atoms with Crippen molar-refractivity contribution in [2.45, 2.75) is 50.7 Å². The predicted molar refractivity (Wildman–Crippen MR) is 100 cm³/mol. The summed E-state index contributed by atoms with van der Waals surface area (Å²) in [5, 5.41) is 0.613. The summed E-state index contributed by atoms with van der Waals surface area (Å²) in [7, 11) is 1.33. The Morgan fingerprint density at radius 1 is 1.19 bits per heavy atom. The lowest BCUT2D eigenvalue weighted by Gasteiger charge is -2.44. The monoisotopic (exact) mass is 382 g/mol. The minimum absolute atomic E-state index is 0.353. The summed E-state index contributed by atoms with van der Waals surface area (Å²) in [4.78, 5) is 26.2. The van der Waals surface area contributed by atoms with Crippen molar-refractivity contribution in [2.75, 3.05) is 20.2 Å². The Balaban J connectivity index is 2.24. The van der Waals surface area contributed by atoms with Crippen LogP contribution in [0.2, 0.25) is 5.02 Å². The van der Waals surface area contributed by atoms with E-state index in [-0.39, 0.29) is 6.09 Å². The molecule has 1 atom stereocenters. The van der Waals surface area contributed by atoms with Gasteiger partial charge in [-0.25, -0.2) is 4.79 Å². The SMILES string of the molecule is COC(=O)[C@@H](N)C1(c2ccc(Cl)cc2)CCN(C(=O)OC(C)(C)C)CC1. The van der Waals surface area contributed by atoms with Crippen molar-refractivity contribution in [3.05, 3.63) is 34.9 Å². The number of amides is 1. The van der Waals surface area contributed by atoms with Gasteiger partial charge in [0.25, 0.3) is 0 Å². The fourth-order valence-electron chi connectivity index (χ4n) is 3.33. The molecule has 1 fully saturated rings. The van der Waals surface area contributed by atoms with Crippen LogP contribution in [0.5, 0.6) is 0 Å². The third-order valence-electron chi connectivity index (χ3n) is 4.78. The van der Waals surface area contributed by atoms with Crippen LogP contribution in [0.4, 0.5) is 4.79 Å². The van der Waals surface area contributed by atoms with Crippen LogP contribution in [-0.4, -0.2) is 48.8 Å². The van der Waals surface area contributed by atoms with E-state index in [9.17, 15) is 9.59 Å². The Morgan fingerprint density at radius 2 is 1.73 bits per heavy atom. The lowest BCUT2D eigenvalue weighted by atomic mass is 9.68. The maximum Gasteiger partial charge on any atom is 0.410 e. The molecule has 2 N–H and O–H groups in total. The van der Waals surface area contributed by atoms with Gasteiger partial charge in [-0.3, -0.25) is 4.79 Å². The Kier molecular flexibility index (Phi) is 6.19. The van der Waals surface area contributed by atoms with E-state index in [0.717, 1.165) is 5.56 Å². The van der Waals surface area contributed by atoms with E-state index in [2.05, 4.69) is 0 Å². The molecule has 1 saturated heterocycles. The first-order valence-electron chi connectivity index (χ1n) is 8.66. The highest BCUT2D eigenvalue weighted by molar-refractivity contribution is 6.30. The molecule has 6 nitrogen and oxygen atoms in total. The van der Waals surface area contributed by atoms with E-state index in [0.29, 0.717) is 31.0 Å². The number of methoxy groups -OCH3 is 1. The molecule has 26 heavy (non-hydrogen) atoms. The Labute approximate surface area is 159 Å². The van der Waals surface area contributed by atoms with Crippen LogP contribution in [0, 0.1) is 0 Å². The van der Waals surface area contributed by atoms with Crippen LogP contribution in [0.15, 0.2) is 24.3 Å². The van der Waals surface area contributed by atoms with Gasteiger partial charge in [-0.15, -0.1) is 0 Å². The van der Waals surface area contributed by atoms with Crippen LogP contribution < -0.4 is 5.73 Å². The topological polar surface area (TPSA) is 81.9 Å². The normalized spacial score (nSPS) is 18.2. The Bertz CT molecular complexity index is 646. The maximum absolute atomic E-state index is 12.3. The zero-order valence-corrected chi connectivity index (χ0v) is 16.5. The number of hydrogen-bond acceptors (Lipinski definition) is 5. The number of likely N-dealkylation sites (tertiary alicyclic amines) is 1. The molecule has 0 aliphatic carbocycles. The average molecular weight is 383 g/mol. The number of esters is 1. The van der Waals surface area contributed by atoms with Crippen LogP contribution >= 0.6 is 11.6 Å². The molecule has 0 unspecified atom stereocenters. The van der Waals surface area contributed by atoms with E-state index < -0.39 is 23.0 Å². The van der Waals surface area contributed by atoms with E-state index in [1.165, 1.54) is 7.11 Å². The highest BCUT2D eigenvalue weighted by Gasteiger charge is 2.46. The third-order valence-corrected chi connectivity index (χ3v) is 5.03. The number of hydrogen-bond donors (Lipinski definition) is 1. The van der Waals surface area contributed by atoms with Crippen molar-refractivity contribution in [1.82, 2.24) is 4.90 Å². The molecule has 1 heterocycles. The molecular formula is C19H27ClN2O4. The quantitative estimate of drug-likeness (QED) is 0.812. The minimum Gasteiger partial charge on any atom is -0.468 e. The fourth-order valence-corrected chi connectivity index (χ4v) is 3.45. The van der Waals surface area contributed by atoms with Gasteiger partial charge in [-0.05, 0) is 51.3 Å². The Hall–Kier alpha value is -1.79. The smallest absolute Gasteiger partial charge is 0.410 e. The van der Waals surface area contributed by atoms with Gasteiger partial charge in [0.1, 0.15) is 11.6 Å². The number of benzene rings is 1. The van der Waals surface area contributed by atoms with Gasteiger partial charge in [-0.1, -0.05) is 23.7 Å². The standard InChI is InChI=1S/C19H27ClN2O4/c1-18(2,3)26-17(24)22-11-9-19(10-12-22,15(21)16(23)25-4)13-5-7-14(20)8-6-13/h5-8,15H,9-12,21H2,1-4H3/t15-/m1/s1. The summed E-state index contributed by atoms with van der Waals surface area (Å²) in [5.41, 5.74) is 6.04. The number of rotatable bonds is 3. The second kappa shape index (κ2) is 7.84. The van der Waals surface area contributed by atoms with Crippen molar-refractivity contribution in [2.24, 2.45) is 5.73 Å². The number of halogens is 1. The maximum atomic E-state index is 12.3. The average Bonchev–Trinajstić information content (AvgIpc) is 2.59. The van der Waals surface area contributed by atoms with Crippen LogP contribution in [-0.2, 0) is 19.7 Å². The molecule has 1 aliphatic heterocycles. The van der Waals surface area contributed by atoms with Crippen LogP contribution in [0.1, 0.15) is 39.2 Å². The molecule has 1 aromatic rings. The molecule has 1 aromatic carbocycles. The van der Waals surface area contributed by atoms with Crippen LogP contribution in [0.3, 0.4) is 0 Å². The summed E-state index contributed by atoms with van der Waals surface area (Å²) in [6.07, 6.45) is 0.711. The second-order valence-corrected chi connectivity index (χ2v) is 8.07. The van der Waals surface area contributed by atoms with Crippen molar-refractivity contribution in [1.29, 1.82) is 0 Å². The third kappa shape index (κ3) is 4.48. The van der Waals surface area contributed by atoms with Crippen LogP contribution in [0.25, 0.3) is 0 Å². The molecule has 1 amide bonds. The van der Waals surface area contributed by atoms with Crippen molar-refractivity contribution < 1.29 is 19.1 Å². The summed E-state index contributed by atoms with van der Waals surface area (Å²) >= 11 is 6.00. The van der Waals surface area contributed by atoms with Gasteiger partial charge in [0.15, 0.2) is 0 Å². The largest absolute Gasteiger partial charge is 0.468 e. The first-order valence-corrected chi connectivity index (χ1v) is 9.04. The summed E-state index contributed by atoms with van der Waals surface area (Å²) in [5.74, 6) is -0.467. The lowest BCUT2D eigenvalue weighted by molar-refractivity contribution is -0.144. The molecule has 2 rings (SSSR count). The van der Waals surface area contributed by atoms with Crippen molar-refractivity contribution >= 4 is 23.7 Å². The molecule has 1 aliphatic rings. The lowest BCUT2D eigenvalue weighted by Crippen LogP contribution is -2.57. The minimum atomic E-state index is -0.825. The van der Waals surface area contributed by atoms with E-state index in [1.807, 2.05) is 32.9 Å². The van der Waals surface area contributed by atoms with Crippen molar-refractivity contribution in [3.63, 3.8) is 0 Å². The summed E-state index contributed by atoms with van der Waals surface area (Å²) in [6, 6.07) is 6.50. The fraction of sp³-hybridized carbons (Fsp3) is 0.579. The zero-order valence-electron chi connectivity index (χ0n) is 15.8. The van der Waals surface area contributed by atoms with Gasteiger partial charge in [-0.2, -0.15) is 0 Å². The van der Waals surface area contributed by atoms with E-state index >= 15 is 0 Å². The van der Waals surface area contributed by atoms with Gasteiger partial charge in [0.2, 0.25) is 0 Å². The predicted octanol–water partition coefficient (Wildman–Crippen LogP) is 3.11. The molecule has 0 saturated carbocycles. The highest BCUT2D eigenvalue weighted by atomic mass is 35.5. The first kappa shape index (κ1) is 20.5. The first-order chi connectivity index (χ1) is 12.1. The number of nitrogens with zero attached hydrogens (tertiary/aromatic N) is 1. The van der Waals surface area contributed by atoms with Gasteiger partial charge in [0.05, 0.1) is 7.11 Å². The zero-order chi connectivity index (χ0) is 19.5. The molecule has 0 spiro atoms. The second-order valence-electron chi connectivity index (χ2n) is 7.63. The summed E-state index contributed by atoms with van der Waals surface area (Å²) in [6.45, 7) is 6.39. The number of ether oxygens (including phenoxy) is 2. The number of piperidine rings is 1. The molecule has 144 valence electrons.